The third-order valence-electron chi connectivity index (χ3n) is 2.04. The maximum atomic E-state index is 11.4. The van der Waals surface area contributed by atoms with E-state index in [0.717, 1.165) is 0 Å². The van der Waals surface area contributed by atoms with Gasteiger partial charge < -0.3 is 15.6 Å². The molecule has 20 heavy (non-hydrogen) atoms. The van der Waals surface area contributed by atoms with Crippen LogP contribution >= 0.6 is 11.8 Å². The van der Waals surface area contributed by atoms with E-state index in [2.05, 4.69) is 4.98 Å². The van der Waals surface area contributed by atoms with Gasteiger partial charge in [-0.2, -0.15) is 13.4 Å². The van der Waals surface area contributed by atoms with E-state index in [1.54, 1.807) is 12.3 Å². The number of nitrogens with two attached hydrogens (primary N) is 1. The molecule has 2 heterocycles. The van der Waals surface area contributed by atoms with Crippen molar-refractivity contribution in [2.75, 3.05) is 18.1 Å². The normalized spacial score (nSPS) is 22.1. The van der Waals surface area contributed by atoms with Crippen LogP contribution in [-0.2, 0) is 15.1 Å². The van der Waals surface area contributed by atoms with Crippen molar-refractivity contribution < 1.29 is 27.4 Å². The lowest BCUT2D eigenvalue weighted by Crippen LogP contribution is -2.28. The zero-order valence-corrected chi connectivity index (χ0v) is 11.6. The Balaban J connectivity index is 0.000000347. The van der Waals surface area contributed by atoms with Crippen molar-refractivity contribution in [1.82, 2.24) is 9.55 Å². The first-order valence-corrected chi connectivity index (χ1v) is 7.57. The molecule has 1 fully saturated rings. The number of nitrogens with zero attached hydrogens (tertiary/aromatic N) is 2. The highest BCUT2D eigenvalue weighted by molar-refractivity contribution is 8.00. The highest BCUT2D eigenvalue weighted by Crippen LogP contribution is 2.30. The van der Waals surface area contributed by atoms with Crippen molar-refractivity contribution in [1.29, 1.82) is 0 Å². The highest BCUT2D eigenvalue weighted by atomic mass is 32.3. The number of ether oxygens (including phenoxy) is 1. The molecule has 1 saturated heterocycles. The Labute approximate surface area is 118 Å². The van der Waals surface area contributed by atoms with Crippen LogP contribution in [0.3, 0.4) is 0 Å². The predicted octanol–water partition coefficient (Wildman–Crippen LogP) is -1.25. The second kappa shape index (κ2) is 7.01. The average Bonchev–Trinajstić information content (AvgIpc) is 2.75. The maximum Gasteiger partial charge on any atom is 0.394 e. The van der Waals surface area contributed by atoms with Gasteiger partial charge in [-0.25, -0.2) is 4.79 Å². The minimum absolute atomic E-state index is 0.0572. The van der Waals surface area contributed by atoms with Crippen LogP contribution in [0.5, 0.6) is 0 Å². The smallest absolute Gasteiger partial charge is 0.393 e. The fourth-order valence-corrected chi connectivity index (χ4v) is 2.26. The van der Waals surface area contributed by atoms with Gasteiger partial charge in [0.2, 0.25) is 0 Å². The van der Waals surface area contributed by atoms with Crippen molar-refractivity contribution in [2.24, 2.45) is 0 Å². The number of aromatic nitrogens is 2. The van der Waals surface area contributed by atoms with Gasteiger partial charge in [-0.15, -0.1) is 11.8 Å². The summed E-state index contributed by atoms with van der Waals surface area (Å²) < 4.78 is 38.4. The van der Waals surface area contributed by atoms with Crippen molar-refractivity contribution in [2.45, 2.75) is 11.7 Å². The number of nitrogen functional groups attached to an aromatic ring is 1. The Bertz CT molecular complexity index is 594. The molecule has 0 aliphatic carbocycles. The van der Waals surface area contributed by atoms with Gasteiger partial charge in [0.25, 0.3) is 0 Å². The molecular weight excluding hydrogens is 314 g/mol. The fourth-order valence-electron chi connectivity index (χ4n) is 1.33. The van der Waals surface area contributed by atoms with Gasteiger partial charge in [0.05, 0.1) is 6.61 Å². The van der Waals surface area contributed by atoms with Crippen LogP contribution in [0.15, 0.2) is 17.1 Å². The monoisotopic (exact) mass is 327 g/mol. The SMILES string of the molecule is Nc1ccn([C@@H]2CS[C@H](CO)O2)c(=O)n1.O=S(=O)(O)O. The quantitative estimate of drug-likeness (QED) is 0.482. The van der Waals surface area contributed by atoms with E-state index in [0.29, 0.717) is 5.75 Å². The van der Waals surface area contributed by atoms with Crippen LogP contribution in [0.4, 0.5) is 5.82 Å². The van der Waals surface area contributed by atoms with E-state index < -0.39 is 16.1 Å². The molecule has 1 aromatic rings. The van der Waals surface area contributed by atoms with Gasteiger partial charge in [0.1, 0.15) is 17.5 Å². The van der Waals surface area contributed by atoms with Crippen molar-refractivity contribution in [3.8, 4) is 0 Å². The number of hydrogen-bond acceptors (Lipinski definition) is 8. The molecule has 0 radical (unpaired) electrons. The summed E-state index contributed by atoms with van der Waals surface area (Å²) in [5, 5.41) is 8.88. The molecule has 1 aliphatic heterocycles. The molecule has 0 saturated carbocycles. The Morgan fingerprint density at radius 3 is 2.60 bits per heavy atom. The summed E-state index contributed by atoms with van der Waals surface area (Å²) in [5.41, 5.74) is 4.67. The molecule has 0 unspecified atom stereocenters. The molecule has 114 valence electrons. The van der Waals surface area contributed by atoms with Crippen molar-refractivity contribution >= 4 is 28.0 Å². The number of thioether (sulfide) groups is 1. The molecule has 12 heteroatoms. The molecule has 10 nitrogen and oxygen atoms in total. The Hall–Kier alpha value is -1.18. The second-order valence-corrected chi connectivity index (χ2v) is 5.61. The highest BCUT2D eigenvalue weighted by Gasteiger charge is 2.27. The summed E-state index contributed by atoms with van der Waals surface area (Å²) in [4.78, 5) is 15.0. The first-order valence-electron chi connectivity index (χ1n) is 5.13. The average molecular weight is 327 g/mol. The summed E-state index contributed by atoms with van der Waals surface area (Å²) in [6.07, 6.45) is 1.18. The molecule has 0 spiro atoms. The summed E-state index contributed by atoms with van der Waals surface area (Å²) in [7, 11) is -4.67. The van der Waals surface area contributed by atoms with Crippen LogP contribution < -0.4 is 11.4 Å². The van der Waals surface area contributed by atoms with Gasteiger partial charge in [0.15, 0.2) is 0 Å². The van der Waals surface area contributed by atoms with Gasteiger partial charge in [0, 0.05) is 11.9 Å². The molecule has 0 bridgehead atoms. The molecule has 0 amide bonds. The van der Waals surface area contributed by atoms with Crippen LogP contribution in [0, 0.1) is 0 Å². The minimum Gasteiger partial charge on any atom is -0.393 e. The fraction of sp³-hybridized carbons (Fsp3) is 0.500. The van der Waals surface area contributed by atoms with E-state index >= 15 is 0 Å². The minimum atomic E-state index is -4.67. The van der Waals surface area contributed by atoms with E-state index in [9.17, 15) is 4.79 Å². The summed E-state index contributed by atoms with van der Waals surface area (Å²) in [5.74, 6) is 0.817. The largest absolute Gasteiger partial charge is 0.394 e. The summed E-state index contributed by atoms with van der Waals surface area (Å²) in [6.45, 7) is -0.0572. The lowest BCUT2D eigenvalue weighted by molar-refractivity contribution is -0.00629. The van der Waals surface area contributed by atoms with E-state index in [1.165, 1.54) is 16.3 Å². The Morgan fingerprint density at radius 2 is 2.15 bits per heavy atom. The number of aliphatic hydroxyl groups is 1. The molecule has 2 rings (SSSR count). The number of rotatable bonds is 2. The topological polar surface area (TPSA) is 165 Å². The standard InChI is InChI=1S/C8H11N3O3S.H2O4S/c9-5-1-2-11(8(13)10-5)6-4-15-7(3-12)14-6;1-5(2,3)4/h1-2,6-7,12H,3-4H2,(H2,9,10,13);(H2,1,2,3,4)/t6-,7+;/m0./s1. The molecule has 2 atom stereocenters. The van der Waals surface area contributed by atoms with Gasteiger partial charge in [-0.3, -0.25) is 13.7 Å². The van der Waals surface area contributed by atoms with E-state index in [4.69, 9.17) is 33.1 Å². The van der Waals surface area contributed by atoms with Crippen molar-refractivity contribution in [3.63, 3.8) is 0 Å². The first kappa shape index (κ1) is 16.9. The van der Waals surface area contributed by atoms with Gasteiger partial charge in [-0.05, 0) is 6.07 Å². The van der Waals surface area contributed by atoms with Gasteiger partial charge in [-0.1, -0.05) is 0 Å². The summed E-state index contributed by atoms with van der Waals surface area (Å²) in [6, 6.07) is 1.54. The molecule has 0 aromatic carbocycles. The zero-order valence-electron chi connectivity index (χ0n) is 9.99. The predicted molar refractivity (Wildman–Crippen MR) is 70.5 cm³/mol. The Morgan fingerprint density at radius 1 is 1.55 bits per heavy atom. The van der Waals surface area contributed by atoms with Crippen LogP contribution in [0.1, 0.15) is 6.23 Å². The maximum absolute atomic E-state index is 11.4. The molecule has 5 N–H and O–H groups in total. The third-order valence-corrected chi connectivity index (χ3v) is 3.15. The number of anilines is 1. The lowest BCUT2D eigenvalue weighted by atomic mass is 10.5. The van der Waals surface area contributed by atoms with Crippen molar-refractivity contribution in [3.05, 3.63) is 22.7 Å². The molecule has 1 aliphatic rings. The molecule has 1 aromatic heterocycles. The Kier molecular flexibility index (Phi) is 5.91. The number of hydrogen-bond donors (Lipinski definition) is 4. The van der Waals surface area contributed by atoms with Crippen LogP contribution in [0.2, 0.25) is 0 Å². The van der Waals surface area contributed by atoms with E-state index in [1.807, 2.05) is 0 Å². The van der Waals surface area contributed by atoms with E-state index in [-0.39, 0.29) is 24.1 Å². The van der Waals surface area contributed by atoms with Crippen LogP contribution in [-0.4, -0.2) is 50.0 Å². The third kappa shape index (κ3) is 5.85. The van der Waals surface area contributed by atoms with Crippen LogP contribution in [0.25, 0.3) is 0 Å². The summed E-state index contributed by atoms with van der Waals surface area (Å²) >= 11 is 1.47. The number of aliphatic hydroxyl groups excluding tert-OH is 1. The first-order chi connectivity index (χ1) is 9.20. The molecular formula is C8H13N3O7S2. The lowest BCUT2D eigenvalue weighted by Gasteiger charge is -2.13. The van der Waals surface area contributed by atoms with Gasteiger partial charge >= 0.3 is 16.1 Å². The second-order valence-electron chi connectivity index (χ2n) is 3.53. The zero-order chi connectivity index (χ0) is 15.3.